The van der Waals surface area contributed by atoms with Crippen LogP contribution in [0.1, 0.15) is 43.4 Å². The van der Waals surface area contributed by atoms with E-state index in [1.165, 1.54) is 19.6 Å². The van der Waals surface area contributed by atoms with Gasteiger partial charge in [0.05, 0.1) is 19.9 Å². The molecule has 1 aliphatic carbocycles. The second-order valence-electron chi connectivity index (χ2n) is 8.70. The number of rotatable bonds is 9. The Bertz CT molecular complexity index is 1260. The second kappa shape index (κ2) is 11.5. The van der Waals surface area contributed by atoms with Crippen LogP contribution in [0.3, 0.4) is 0 Å². The fraction of sp³-hybridized carbons (Fsp3) is 0.346. The van der Waals surface area contributed by atoms with Gasteiger partial charge in [-0.15, -0.1) is 0 Å². The summed E-state index contributed by atoms with van der Waals surface area (Å²) in [4.78, 5) is 14.6. The highest BCUT2D eigenvalue weighted by Gasteiger charge is 2.23. The summed E-state index contributed by atoms with van der Waals surface area (Å²) in [5.41, 5.74) is 0.630. The monoisotopic (exact) mass is 516 g/mol. The van der Waals surface area contributed by atoms with E-state index in [0.717, 1.165) is 49.9 Å². The first-order chi connectivity index (χ1) is 17.3. The number of hydrogen-bond donors (Lipinski definition) is 1. The molecule has 8 nitrogen and oxygen atoms in total. The van der Waals surface area contributed by atoms with Gasteiger partial charge < -0.3 is 23.6 Å². The van der Waals surface area contributed by atoms with Gasteiger partial charge in [-0.2, -0.15) is 8.42 Å². The molecule has 192 valence electrons. The smallest absolute Gasteiger partial charge is 0.339 e. The molecule has 2 aromatic carbocycles. The van der Waals surface area contributed by atoms with Gasteiger partial charge in [-0.05, 0) is 66.9 Å². The van der Waals surface area contributed by atoms with E-state index in [-0.39, 0.29) is 41.6 Å². The SMILES string of the molecule is COc1ccc(CN(Cc2ccco2)C(=O)NC2CCCCC2)cc1OS(=O)(=O)c1ccc(F)cc1. The Labute approximate surface area is 210 Å². The maximum Gasteiger partial charge on any atom is 0.339 e. The minimum absolute atomic E-state index is 0.0371. The maximum absolute atomic E-state index is 13.2. The van der Waals surface area contributed by atoms with Gasteiger partial charge in [0.15, 0.2) is 11.5 Å². The molecule has 1 fully saturated rings. The Morgan fingerprint density at radius 2 is 1.81 bits per heavy atom. The summed E-state index contributed by atoms with van der Waals surface area (Å²) in [6.45, 7) is 0.415. The topological polar surface area (TPSA) is 98.1 Å². The summed E-state index contributed by atoms with van der Waals surface area (Å²) in [6, 6.07) is 12.6. The summed E-state index contributed by atoms with van der Waals surface area (Å²) in [5.74, 6) is 0.230. The van der Waals surface area contributed by atoms with E-state index < -0.39 is 15.9 Å². The molecule has 0 spiro atoms. The molecule has 0 bridgehead atoms. The summed E-state index contributed by atoms with van der Waals surface area (Å²) in [6.07, 6.45) is 6.80. The number of nitrogens with zero attached hydrogens (tertiary/aromatic N) is 1. The third kappa shape index (κ3) is 6.57. The lowest BCUT2D eigenvalue weighted by Gasteiger charge is -2.28. The van der Waals surface area contributed by atoms with Crippen LogP contribution in [0.25, 0.3) is 0 Å². The van der Waals surface area contributed by atoms with E-state index in [4.69, 9.17) is 13.3 Å². The van der Waals surface area contributed by atoms with Gasteiger partial charge >= 0.3 is 16.1 Å². The van der Waals surface area contributed by atoms with E-state index in [0.29, 0.717) is 11.3 Å². The number of methoxy groups -OCH3 is 1. The maximum atomic E-state index is 13.2. The van der Waals surface area contributed by atoms with E-state index in [1.807, 2.05) is 0 Å². The van der Waals surface area contributed by atoms with Crippen molar-refractivity contribution < 1.29 is 30.9 Å². The second-order valence-corrected chi connectivity index (χ2v) is 10.2. The van der Waals surface area contributed by atoms with Crippen LogP contribution in [0.15, 0.2) is 70.2 Å². The number of hydrogen-bond acceptors (Lipinski definition) is 6. The Morgan fingerprint density at radius 1 is 1.06 bits per heavy atom. The Morgan fingerprint density at radius 3 is 2.47 bits per heavy atom. The molecule has 4 rings (SSSR count). The minimum Gasteiger partial charge on any atom is -0.493 e. The molecule has 0 aliphatic heterocycles. The van der Waals surface area contributed by atoms with Crippen molar-refractivity contribution in [2.75, 3.05) is 7.11 Å². The van der Waals surface area contributed by atoms with Gasteiger partial charge in [0, 0.05) is 12.6 Å². The fourth-order valence-electron chi connectivity index (χ4n) is 4.18. The van der Waals surface area contributed by atoms with Gasteiger partial charge in [0.25, 0.3) is 0 Å². The molecule has 3 aromatic rings. The van der Waals surface area contributed by atoms with Crippen LogP contribution < -0.4 is 14.2 Å². The molecule has 10 heteroatoms. The normalized spacial score (nSPS) is 14.3. The molecule has 1 aliphatic rings. The molecule has 0 atom stereocenters. The summed E-state index contributed by atoms with van der Waals surface area (Å²) >= 11 is 0. The van der Waals surface area contributed by atoms with Crippen LogP contribution in [0.2, 0.25) is 0 Å². The predicted molar refractivity (Wildman–Crippen MR) is 131 cm³/mol. The van der Waals surface area contributed by atoms with Crippen LogP contribution in [-0.2, 0) is 23.2 Å². The zero-order valence-electron chi connectivity index (χ0n) is 20.0. The number of ether oxygens (including phenoxy) is 1. The van der Waals surface area contributed by atoms with Gasteiger partial charge in [0.1, 0.15) is 16.5 Å². The lowest BCUT2D eigenvalue weighted by atomic mass is 9.96. The summed E-state index contributed by atoms with van der Waals surface area (Å²) < 4.78 is 54.9. The van der Waals surface area contributed by atoms with E-state index in [2.05, 4.69) is 5.32 Å². The zero-order chi connectivity index (χ0) is 25.5. The predicted octanol–water partition coefficient (Wildman–Crippen LogP) is 5.24. The van der Waals surface area contributed by atoms with E-state index in [9.17, 15) is 17.6 Å². The van der Waals surface area contributed by atoms with Crippen molar-refractivity contribution in [3.63, 3.8) is 0 Å². The Kier molecular flexibility index (Phi) is 8.14. The highest BCUT2D eigenvalue weighted by atomic mass is 32.2. The van der Waals surface area contributed by atoms with Gasteiger partial charge in [-0.25, -0.2) is 9.18 Å². The van der Waals surface area contributed by atoms with Crippen molar-refractivity contribution in [3.05, 3.63) is 78.0 Å². The van der Waals surface area contributed by atoms with Crippen LogP contribution >= 0.6 is 0 Å². The van der Waals surface area contributed by atoms with Crippen LogP contribution in [-0.4, -0.2) is 32.5 Å². The van der Waals surface area contributed by atoms with E-state index in [1.54, 1.807) is 35.4 Å². The first kappa shape index (κ1) is 25.6. The molecule has 0 radical (unpaired) electrons. The third-order valence-electron chi connectivity index (χ3n) is 6.05. The number of urea groups is 1. The third-order valence-corrected chi connectivity index (χ3v) is 7.30. The molecule has 36 heavy (non-hydrogen) atoms. The highest BCUT2D eigenvalue weighted by molar-refractivity contribution is 7.87. The van der Waals surface area contributed by atoms with Gasteiger partial charge in [0.2, 0.25) is 0 Å². The van der Waals surface area contributed by atoms with Crippen molar-refractivity contribution in [1.29, 1.82) is 0 Å². The summed E-state index contributed by atoms with van der Waals surface area (Å²) in [7, 11) is -2.84. The number of nitrogens with one attached hydrogen (secondary N) is 1. The number of carbonyl (C=O) groups excluding carboxylic acids is 1. The van der Waals surface area contributed by atoms with Crippen molar-refractivity contribution in [1.82, 2.24) is 10.2 Å². The van der Waals surface area contributed by atoms with Crippen LogP contribution in [0.4, 0.5) is 9.18 Å². The zero-order valence-corrected chi connectivity index (χ0v) is 20.8. The van der Waals surface area contributed by atoms with Crippen molar-refractivity contribution in [2.45, 2.75) is 56.1 Å². The molecule has 1 aromatic heterocycles. The minimum atomic E-state index is -4.24. The van der Waals surface area contributed by atoms with Crippen molar-refractivity contribution in [3.8, 4) is 11.5 Å². The molecule has 0 unspecified atom stereocenters. The average molecular weight is 517 g/mol. The van der Waals surface area contributed by atoms with Gasteiger partial charge in [-0.1, -0.05) is 25.3 Å². The standard InChI is InChI=1S/C26H29FN2O6S/c1-33-24-14-9-19(16-25(24)35-36(31,32)23-12-10-20(27)11-13-23)17-29(18-22-8-5-15-34-22)26(30)28-21-6-3-2-4-7-21/h5,8-16,21H,2-4,6-7,17-18H2,1H3,(H,28,30). The number of furan rings is 1. The molecule has 1 heterocycles. The lowest BCUT2D eigenvalue weighted by Crippen LogP contribution is -2.44. The summed E-state index contributed by atoms with van der Waals surface area (Å²) in [5, 5.41) is 3.12. The quantitative estimate of drug-likeness (QED) is 0.391. The van der Waals surface area contributed by atoms with E-state index >= 15 is 0 Å². The fourth-order valence-corrected chi connectivity index (χ4v) is 5.11. The molecule has 1 N–H and O–H groups in total. The first-order valence-corrected chi connectivity index (χ1v) is 13.2. The Balaban J connectivity index is 1.55. The van der Waals surface area contributed by atoms with Gasteiger partial charge in [-0.3, -0.25) is 0 Å². The molecule has 0 saturated heterocycles. The molecule has 2 amide bonds. The van der Waals surface area contributed by atoms with Crippen molar-refractivity contribution in [2.24, 2.45) is 0 Å². The number of benzene rings is 2. The Hall–Kier alpha value is -3.53. The van der Waals surface area contributed by atoms with Crippen molar-refractivity contribution >= 4 is 16.1 Å². The first-order valence-electron chi connectivity index (χ1n) is 11.8. The average Bonchev–Trinajstić information content (AvgIpc) is 3.38. The molecular weight excluding hydrogens is 487 g/mol. The molecular formula is C26H29FN2O6S. The number of carbonyl (C=O) groups is 1. The highest BCUT2D eigenvalue weighted by Crippen LogP contribution is 2.31. The molecule has 1 saturated carbocycles. The number of halogens is 1. The number of amides is 2. The largest absolute Gasteiger partial charge is 0.493 e. The van der Waals surface area contributed by atoms with Crippen LogP contribution in [0.5, 0.6) is 11.5 Å². The lowest BCUT2D eigenvalue weighted by molar-refractivity contribution is 0.180. The van der Waals surface area contributed by atoms with Crippen LogP contribution in [0, 0.1) is 5.82 Å².